The van der Waals surface area contributed by atoms with Gasteiger partial charge in [-0.25, -0.2) is 0 Å². The predicted octanol–water partition coefficient (Wildman–Crippen LogP) is 5.00. The van der Waals surface area contributed by atoms with Crippen LogP contribution < -0.4 is 5.01 Å². The van der Waals surface area contributed by atoms with E-state index in [9.17, 15) is 10.1 Å². The molecule has 146 valence electrons. The summed E-state index contributed by atoms with van der Waals surface area (Å²) in [5.74, 6) is 0.152. The van der Waals surface area contributed by atoms with Crippen LogP contribution in [0.5, 0.6) is 0 Å². The van der Waals surface area contributed by atoms with Gasteiger partial charge in [0.05, 0.1) is 17.3 Å². The van der Waals surface area contributed by atoms with Crippen LogP contribution in [-0.2, 0) is 11.2 Å². The van der Waals surface area contributed by atoms with Crippen LogP contribution in [-0.4, -0.2) is 24.0 Å². The molecule has 4 heteroatoms. The van der Waals surface area contributed by atoms with Crippen molar-refractivity contribution in [3.05, 3.63) is 77.4 Å². The van der Waals surface area contributed by atoms with Gasteiger partial charge in [-0.2, -0.15) is 5.26 Å². The fourth-order valence-corrected chi connectivity index (χ4v) is 4.13. The molecule has 3 aromatic rings. The summed E-state index contributed by atoms with van der Waals surface area (Å²) in [7, 11) is 0. The number of aryl methyl sites for hydroxylation is 2. The number of rotatable bonds is 4. The van der Waals surface area contributed by atoms with Gasteiger partial charge in [0.25, 0.3) is 0 Å². The van der Waals surface area contributed by atoms with E-state index in [0.29, 0.717) is 12.0 Å². The second-order valence-corrected chi connectivity index (χ2v) is 7.63. The Hall–Kier alpha value is -3.32. The first-order valence-corrected chi connectivity index (χ1v) is 10.2. The largest absolute Gasteiger partial charge is 0.282 e. The SMILES string of the molecule is Cc1cccc(CCC(=O)N2CCCCN2c2ccc(C#N)c3ccccc23)c1. The van der Waals surface area contributed by atoms with Gasteiger partial charge in [0.2, 0.25) is 5.91 Å². The van der Waals surface area contributed by atoms with Crippen molar-refractivity contribution in [1.82, 2.24) is 5.01 Å². The maximum atomic E-state index is 13.1. The van der Waals surface area contributed by atoms with Crippen molar-refractivity contribution < 1.29 is 4.79 Å². The van der Waals surface area contributed by atoms with Crippen LogP contribution in [0.25, 0.3) is 10.8 Å². The Morgan fingerprint density at radius 1 is 1.00 bits per heavy atom. The van der Waals surface area contributed by atoms with Crippen LogP contribution in [0.3, 0.4) is 0 Å². The second-order valence-electron chi connectivity index (χ2n) is 7.63. The van der Waals surface area contributed by atoms with Gasteiger partial charge in [0, 0.05) is 30.3 Å². The van der Waals surface area contributed by atoms with Gasteiger partial charge >= 0.3 is 0 Å². The third kappa shape index (κ3) is 3.95. The molecule has 0 saturated carbocycles. The van der Waals surface area contributed by atoms with Crippen LogP contribution in [0, 0.1) is 18.3 Å². The van der Waals surface area contributed by atoms with Crippen LogP contribution >= 0.6 is 0 Å². The van der Waals surface area contributed by atoms with Crippen LogP contribution in [0.4, 0.5) is 5.69 Å². The minimum atomic E-state index is 0.152. The summed E-state index contributed by atoms with van der Waals surface area (Å²) in [5.41, 5.74) is 4.09. The zero-order valence-corrected chi connectivity index (χ0v) is 16.8. The summed E-state index contributed by atoms with van der Waals surface area (Å²) in [6, 6.07) is 22.4. The molecule has 1 saturated heterocycles. The Balaban J connectivity index is 1.60. The molecule has 0 aromatic heterocycles. The average molecular weight is 383 g/mol. The molecule has 1 heterocycles. The number of anilines is 1. The van der Waals surface area contributed by atoms with Crippen LogP contribution in [0.2, 0.25) is 0 Å². The van der Waals surface area contributed by atoms with Gasteiger partial charge in [0.1, 0.15) is 0 Å². The topological polar surface area (TPSA) is 47.3 Å². The van der Waals surface area contributed by atoms with E-state index >= 15 is 0 Å². The van der Waals surface area contributed by atoms with E-state index in [1.165, 1.54) is 11.1 Å². The standard InChI is InChI=1S/C25H25N3O/c1-19-7-6-8-20(17-19)11-14-25(29)28-16-5-4-15-27(28)24-13-12-21(18-26)22-9-2-3-10-23(22)24/h2-3,6-10,12-13,17H,4-5,11,14-16H2,1H3. The number of nitriles is 1. The van der Waals surface area contributed by atoms with Crippen LogP contribution in [0.15, 0.2) is 60.7 Å². The summed E-state index contributed by atoms with van der Waals surface area (Å²) < 4.78 is 0. The molecule has 1 aliphatic heterocycles. The highest BCUT2D eigenvalue weighted by atomic mass is 16.2. The smallest absolute Gasteiger partial charge is 0.241 e. The van der Waals surface area contributed by atoms with Crippen molar-refractivity contribution in [2.24, 2.45) is 0 Å². The Kier molecular flexibility index (Phi) is 5.48. The zero-order valence-electron chi connectivity index (χ0n) is 16.8. The first-order chi connectivity index (χ1) is 14.2. The summed E-state index contributed by atoms with van der Waals surface area (Å²) in [6.45, 7) is 3.63. The molecule has 29 heavy (non-hydrogen) atoms. The molecule has 0 atom stereocenters. The minimum absolute atomic E-state index is 0.152. The normalized spacial score (nSPS) is 14.1. The highest BCUT2D eigenvalue weighted by molar-refractivity contribution is 5.98. The molecule has 0 radical (unpaired) electrons. The Morgan fingerprint density at radius 2 is 1.79 bits per heavy atom. The number of carbonyl (C=O) groups excluding carboxylic acids is 1. The van der Waals surface area contributed by atoms with Gasteiger partial charge in [-0.1, -0.05) is 54.1 Å². The number of hydrogen-bond acceptors (Lipinski definition) is 3. The lowest BCUT2D eigenvalue weighted by Crippen LogP contribution is -2.50. The van der Waals surface area contributed by atoms with E-state index in [0.717, 1.165) is 48.8 Å². The Morgan fingerprint density at radius 3 is 2.59 bits per heavy atom. The third-order valence-corrected chi connectivity index (χ3v) is 5.58. The fraction of sp³-hybridized carbons (Fsp3) is 0.280. The molecular formula is C25H25N3O. The van der Waals surface area contributed by atoms with E-state index in [-0.39, 0.29) is 5.91 Å². The number of amides is 1. The summed E-state index contributed by atoms with van der Waals surface area (Å²) >= 11 is 0. The molecule has 0 unspecified atom stereocenters. The molecule has 4 nitrogen and oxygen atoms in total. The first kappa shape index (κ1) is 19.0. The van der Waals surface area contributed by atoms with E-state index < -0.39 is 0 Å². The molecule has 1 fully saturated rings. The number of nitrogens with zero attached hydrogens (tertiary/aromatic N) is 3. The molecule has 0 spiro atoms. The van der Waals surface area contributed by atoms with Crippen molar-refractivity contribution in [2.45, 2.75) is 32.6 Å². The number of hydrogen-bond donors (Lipinski definition) is 0. The van der Waals surface area contributed by atoms with Gasteiger partial charge in [-0.15, -0.1) is 0 Å². The summed E-state index contributed by atoms with van der Waals surface area (Å²) in [4.78, 5) is 13.1. The van der Waals surface area contributed by atoms with Gasteiger partial charge < -0.3 is 0 Å². The average Bonchev–Trinajstić information content (AvgIpc) is 2.77. The van der Waals surface area contributed by atoms with E-state index in [2.05, 4.69) is 36.2 Å². The maximum absolute atomic E-state index is 13.1. The second kappa shape index (κ2) is 8.36. The van der Waals surface area contributed by atoms with E-state index in [4.69, 9.17) is 0 Å². The molecule has 3 aromatic carbocycles. The quantitative estimate of drug-likeness (QED) is 0.637. The van der Waals surface area contributed by atoms with Crippen molar-refractivity contribution >= 4 is 22.4 Å². The highest BCUT2D eigenvalue weighted by Gasteiger charge is 2.26. The third-order valence-electron chi connectivity index (χ3n) is 5.58. The van der Waals surface area contributed by atoms with Gasteiger partial charge in [-0.05, 0) is 43.9 Å². The molecule has 1 amide bonds. The molecule has 4 rings (SSSR count). The molecule has 1 aliphatic rings. The summed E-state index contributed by atoms with van der Waals surface area (Å²) in [6.07, 6.45) is 3.31. The number of benzene rings is 3. The lowest BCUT2D eigenvalue weighted by Gasteiger charge is -2.41. The minimum Gasteiger partial charge on any atom is -0.282 e. The monoisotopic (exact) mass is 383 g/mol. The maximum Gasteiger partial charge on any atom is 0.241 e. The predicted molar refractivity (Wildman–Crippen MR) is 116 cm³/mol. The van der Waals surface area contributed by atoms with E-state index in [1.54, 1.807) is 0 Å². The lowest BCUT2D eigenvalue weighted by molar-refractivity contribution is -0.132. The van der Waals surface area contributed by atoms with Crippen molar-refractivity contribution in [2.75, 3.05) is 18.1 Å². The number of hydrazine groups is 1. The molecular weight excluding hydrogens is 358 g/mol. The van der Waals surface area contributed by atoms with Crippen molar-refractivity contribution in [3.8, 4) is 6.07 Å². The zero-order chi connectivity index (χ0) is 20.2. The Bertz CT molecular complexity index is 1080. The Labute approximate surface area is 171 Å². The van der Waals surface area contributed by atoms with Crippen molar-refractivity contribution in [1.29, 1.82) is 5.26 Å². The van der Waals surface area contributed by atoms with Crippen molar-refractivity contribution in [3.63, 3.8) is 0 Å². The summed E-state index contributed by atoms with van der Waals surface area (Å²) in [5, 5.41) is 15.4. The van der Waals surface area contributed by atoms with E-state index in [1.807, 2.05) is 47.5 Å². The molecule has 0 N–H and O–H groups in total. The van der Waals surface area contributed by atoms with Gasteiger partial charge in [0.15, 0.2) is 0 Å². The fourth-order valence-electron chi connectivity index (χ4n) is 4.13. The number of fused-ring (bicyclic) bond motifs is 1. The van der Waals surface area contributed by atoms with Crippen LogP contribution in [0.1, 0.15) is 36.0 Å². The number of carbonyl (C=O) groups is 1. The molecule has 0 bridgehead atoms. The lowest BCUT2D eigenvalue weighted by atomic mass is 10.0. The highest BCUT2D eigenvalue weighted by Crippen LogP contribution is 2.32. The van der Waals surface area contributed by atoms with Gasteiger partial charge in [-0.3, -0.25) is 14.8 Å². The first-order valence-electron chi connectivity index (χ1n) is 10.2. The molecule has 0 aliphatic carbocycles.